The molecule has 1 aliphatic heterocycles. The summed E-state index contributed by atoms with van der Waals surface area (Å²) in [5, 5.41) is 30.0. The van der Waals surface area contributed by atoms with Crippen molar-refractivity contribution in [2.45, 2.75) is 37.0 Å². The molecule has 5 atom stereocenters. The van der Waals surface area contributed by atoms with Gasteiger partial charge < -0.3 is 0 Å². The second-order valence-corrected chi connectivity index (χ2v) is 7.17. The Labute approximate surface area is 166 Å². The van der Waals surface area contributed by atoms with Crippen LogP contribution in [-0.4, -0.2) is 91.5 Å². The van der Waals surface area contributed by atoms with Gasteiger partial charge in [-0.3, -0.25) is 0 Å². The van der Waals surface area contributed by atoms with Gasteiger partial charge in [-0.05, 0) is 0 Å². The van der Waals surface area contributed by atoms with Crippen LogP contribution in [0.2, 0.25) is 0 Å². The molecule has 13 heteroatoms. The van der Waals surface area contributed by atoms with E-state index in [1.165, 1.54) is 17.2 Å². The molecule has 27 heavy (non-hydrogen) atoms. The van der Waals surface area contributed by atoms with E-state index in [0.29, 0.717) is 16.9 Å². The molecule has 145 valence electrons. The van der Waals surface area contributed by atoms with Crippen LogP contribution in [0.5, 0.6) is 0 Å². The zero-order chi connectivity index (χ0) is 19.7. The van der Waals surface area contributed by atoms with Crippen LogP contribution < -0.4 is 5.73 Å². The van der Waals surface area contributed by atoms with Crippen LogP contribution in [0.1, 0.15) is 12.6 Å². The number of hydrogen-bond donors (Lipinski definition) is 5. The summed E-state index contributed by atoms with van der Waals surface area (Å²) in [5.74, 6) is -0.616. The first-order valence-corrected chi connectivity index (χ1v) is 9.37. The topological polar surface area (TPSA) is 169 Å². The Hall–Kier alpha value is -1.76. The average Bonchev–Trinajstić information content (AvgIpc) is 3.17. The maximum absolute atomic E-state index is 11.3. The minimum atomic E-state index is -1.34. The van der Waals surface area contributed by atoms with Crippen molar-refractivity contribution in [1.29, 1.82) is 0 Å². The fourth-order valence-corrected chi connectivity index (χ4v) is 3.66. The van der Waals surface area contributed by atoms with Crippen LogP contribution in [0.25, 0.3) is 11.2 Å². The molecule has 0 unspecified atom stereocenters. The zero-order valence-electron chi connectivity index (χ0n) is 13.8. The number of imidazole rings is 1. The van der Waals surface area contributed by atoms with Crippen molar-refractivity contribution in [2.24, 2.45) is 4.99 Å². The number of carboxylic acids is 1. The number of ether oxygens (including phenoxy) is 1. The summed E-state index contributed by atoms with van der Waals surface area (Å²) in [7, 11) is 0. The van der Waals surface area contributed by atoms with Crippen LogP contribution in [0, 0.1) is 0 Å². The van der Waals surface area contributed by atoms with Crippen molar-refractivity contribution in [3.63, 3.8) is 0 Å². The van der Waals surface area contributed by atoms with Gasteiger partial charge in [0, 0.05) is 0 Å². The maximum atomic E-state index is 11.3. The van der Waals surface area contributed by atoms with Crippen molar-refractivity contribution in [3.05, 3.63) is 12.7 Å². The zero-order valence-corrected chi connectivity index (χ0v) is 16.4. The molecule has 1 fully saturated rings. The van der Waals surface area contributed by atoms with Crippen LogP contribution in [0.4, 0.5) is 5.82 Å². The predicted molar refractivity (Wildman–Crippen MR) is 98.7 cm³/mol. The van der Waals surface area contributed by atoms with Gasteiger partial charge in [0.15, 0.2) is 0 Å². The number of fused-ring (bicyclic) bond motifs is 1. The third-order valence-corrected chi connectivity index (χ3v) is 5.08. The second kappa shape index (κ2) is 8.08. The van der Waals surface area contributed by atoms with Crippen molar-refractivity contribution in [1.82, 2.24) is 19.5 Å². The summed E-state index contributed by atoms with van der Waals surface area (Å²) in [4.78, 5) is 27.4. The Morgan fingerprint density at radius 2 is 2.15 bits per heavy atom. The summed E-state index contributed by atoms with van der Waals surface area (Å²) >= 11 is 6.64. The van der Waals surface area contributed by atoms with Crippen molar-refractivity contribution in [3.8, 4) is 0 Å². The average molecular weight is 460 g/mol. The molecule has 2 aromatic rings. The van der Waals surface area contributed by atoms with E-state index in [2.05, 4.69) is 48.6 Å². The Bertz CT molecular complexity index is 879. The quantitative estimate of drug-likeness (QED) is 0.193. The monoisotopic (exact) mass is 461 g/mol. The number of nitrogen functional groups attached to an aromatic ring is 1. The van der Waals surface area contributed by atoms with Crippen molar-refractivity contribution in [2.75, 3.05) is 11.5 Å². The molecular weight excluding hydrogens is 443 g/mol. The molecule has 1 saturated heterocycles. The standard InChI is InChI=1S/C14H17N6O5SSe/c15-10-6-11(17-3-16-10)20(4-18-6)13-8(22)7(21)9(25-13)12(27)19-5(1-2-26)14(23)24/h3-5,7-9,13,21-22,26H,1-2H2,(H,23,24)(H2,15,16,17)/t5-,7-,8+,9-,13+/m0/s1. The van der Waals surface area contributed by atoms with Gasteiger partial charge >= 0.3 is 167 Å². The van der Waals surface area contributed by atoms with Crippen LogP contribution in [0.15, 0.2) is 17.6 Å². The van der Waals surface area contributed by atoms with E-state index in [9.17, 15) is 20.1 Å². The molecule has 5 N–H and O–H groups in total. The third-order valence-electron chi connectivity index (χ3n) is 4.11. The number of aromatic nitrogens is 4. The summed E-state index contributed by atoms with van der Waals surface area (Å²) in [6.07, 6.45) is -1.89. The number of hydrogen-bond acceptors (Lipinski definition) is 10. The molecule has 1 aliphatic rings. The molecule has 11 nitrogen and oxygen atoms in total. The number of aliphatic hydroxyl groups is 2. The number of rotatable bonds is 6. The van der Waals surface area contributed by atoms with Gasteiger partial charge in [0.25, 0.3) is 0 Å². The molecule has 0 bridgehead atoms. The molecule has 0 aromatic carbocycles. The van der Waals surface area contributed by atoms with Gasteiger partial charge in [-0.25, -0.2) is 0 Å². The summed E-state index contributed by atoms with van der Waals surface area (Å²) in [6.45, 7) is 0. The first kappa shape index (κ1) is 20.0. The number of thiol groups is 1. The van der Waals surface area contributed by atoms with Gasteiger partial charge in [0.2, 0.25) is 0 Å². The Balaban J connectivity index is 1.89. The fraction of sp³-hybridized carbons (Fsp3) is 0.500. The van der Waals surface area contributed by atoms with E-state index in [4.69, 9.17) is 10.5 Å². The molecule has 0 spiro atoms. The van der Waals surface area contributed by atoms with Gasteiger partial charge in [0.05, 0.1) is 0 Å². The molecule has 0 aliphatic carbocycles. The number of aliphatic carboxylic acids is 1. The Morgan fingerprint density at radius 1 is 1.41 bits per heavy atom. The first-order valence-electron chi connectivity index (χ1n) is 7.88. The van der Waals surface area contributed by atoms with E-state index in [0.717, 1.165) is 0 Å². The van der Waals surface area contributed by atoms with Gasteiger partial charge in [-0.1, -0.05) is 0 Å². The molecule has 2 aromatic heterocycles. The van der Waals surface area contributed by atoms with E-state index in [1.807, 2.05) is 0 Å². The van der Waals surface area contributed by atoms with Crippen LogP contribution in [-0.2, 0) is 9.53 Å². The Morgan fingerprint density at radius 3 is 2.81 bits per heavy atom. The van der Waals surface area contributed by atoms with E-state index in [1.54, 1.807) is 0 Å². The molecule has 3 heterocycles. The molecule has 0 saturated carbocycles. The minimum absolute atomic E-state index is 0.136. The number of nitrogens with zero attached hydrogens (tertiary/aromatic N) is 5. The SMILES string of the molecule is Nc1ncnc2c1ncn2[C@@H]1O[C@H](C([Se])=N[C@@H](CCS)C(=O)O)[C@@H](O)[C@H]1O. The van der Waals surface area contributed by atoms with Gasteiger partial charge in [-0.2, -0.15) is 0 Å². The normalized spacial score (nSPS) is 27.1. The van der Waals surface area contributed by atoms with Gasteiger partial charge in [0.1, 0.15) is 0 Å². The summed E-state index contributed by atoms with van der Waals surface area (Å²) in [5.41, 5.74) is 6.42. The molecule has 1 radical (unpaired) electrons. The third kappa shape index (κ3) is 3.79. The summed E-state index contributed by atoms with van der Waals surface area (Å²) < 4.78 is 7.31. The molecule has 3 rings (SSSR count). The number of carboxylic acid groups (broad SMARTS) is 1. The fourth-order valence-electron chi connectivity index (χ4n) is 2.74. The van der Waals surface area contributed by atoms with E-state index in [-0.39, 0.29) is 16.8 Å². The molecular formula is C14H17N6O5SSe. The second-order valence-electron chi connectivity index (χ2n) is 5.85. The van der Waals surface area contributed by atoms with Gasteiger partial charge in [-0.15, -0.1) is 0 Å². The van der Waals surface area contributed by atoms with E-state index < -0.39 is 36.6 Å². The number of aliphatic hydroxyl groups excluding tert-OH is 2. The van der Waals surface area contributed by atoms with Crippen molar-refractivity contribution < 1.29 is 24.9 Å². The van der Waals surface area contributed by atoms with Crippen LogP contribution >= 0.6 is 12.6 Å². The first-order chi connectivity index (χ1) is 12.8. The number of carbonyl (C=O) groups is 1. The summed E-state index contributed by atoms with van der Waals surface area (Å²) in [6, 6.07) is -1.03. The Kier molecular flexibility index (Phi) is 5.98. The van der Waals surface area contributed by atoms with Crippen LogP contribution in [0.3, 0.4) is 0 Å². The number of nitrogens with two attached hydrogens (primary N) is 1. The number of aliphatic imine (C=N–C) groups is 1. The van der Waals surface area contributed by atoms with Crippen molar-refractivity contribution >= 4 is 56.2 Å². The van der Waals surface area contributed by atoms with E-state index >= 15 is 0 Å². The molecule has 0 amide bonds. The number of anilines is 1. The predicted octanol–water partition coefficient (Wildman–Crippen LogP) is -1.63.